The van der Waals surface area contributed by atoms with E-state index in [2.05, 4.69) is 4.18 Å². The van der Waals surface area contributed by atoms with Gasteiger partial charge in [-0.1, -0.05) is 0 Å². The molecule has 0 saturated heterocycles. The molecule has 0 aliphatic carbocycles. The van der Waals surface area contributed by atoms with Gasteiger partial charge in [0.05, 0.1) is 24.6 Å². The molecule has 0 rings (SSSR count). The Kier molecular flexibility index (Phi) is 12.7. The molecule has 0 aliphatic heterocycles. The molecule has 0 aliphatic rings. The van der Waals surface area contributed by atoms with Crippen LogP contribution in [0.5, 0.6) is 0 Å². The van der Waals surface area contributed by atoms with Crippen LogP contribution in [0.4, 0.5) is 4.39 Å². The average Bonchev–Trinajstić information content (AvgIpc) is 1.66. The van der Waals surface area contributed by atoms with Crippen LogP contribution in [0.25, 0.3) is 0 Å². The largest absolute Gasteiger partial charge is 1.00 e. The summed E-state index contributed by atoms with van der Waals surface area (Å²) >= 11 is -2.48. The molecule has 6 heteroatoms. The standard InChI is InChI=1S/C3H7FO3S.Na.H/c4-2-1-3-7-8(5)6;;/h1-3H2,(H,5,6);;/q;+1;-1/p-1. The average molecular weight is 165 g/mol. The van der Waals surface area contributed by atoms with Crippen LogP contribution >= 0.6 is 0 Å². The molecule has 0 aromatic heterocycles. The topological polar surface area (TPSA) is 49.4 Å². The van der Waals surface area contributed by atoms with E-state index in [1.165, 1.54) is 0 Å². The van der Waals surface area contributed by atoms with E-state index < -0.39 is 18.0 Å². The maximum atomic E-state index is 11.2. The van der Waals surface area contributed by atoms with Crippen LogP contribution in [0.3, 0.4) is 0 Å². The van der Waals surface area contributed by atoms with E-state index in [0.29, 0.717) is 0 Å². The number of hydrogen-bond donors (Lipinski definition) is 0. The van der Waals surface area contributed by atoms with Gasteiger partial charge >= 0.3 is 29.6 Å². The molecule has 0 N–H and O–H groups in total. The smallest absolute Gasteiger partial charge is 1.00 e. The zero-order valence-corrected chi connectivity index (χ0v) is 7.95. The summed E-state index contributed by atoms with van der Waals surface area (Å²) < 4.78 is 34.2. The SMILES string of the molecule is O=S([O-])OCCCF.[H-].[Na+]. The van der Waals surface area contributed by atoms with Crippen molar-refractivity contribution in [2.24, 2.45) is 0 Å². The second-order valence-corrected chi connectivity index (χ2v) is 1.71. The van der Waals surface area contributed by atoms with Crippen molar-refractivity contribution in [3.8, 4) is 0 Å². The van der Waals surface area contributed by atoms with Crippen molar-refractivity contribution in [2.45, 2.75) is 6.42 Å². The molecular weight excluding hydrogens is 158 g/mol. The molecule has 0 radical (unpaired) electrons. The molecule has 0 heterocycles. The van der Waals surface area contributed by atoms with Gasteiger partial charge in [-0.25, -0.2) is 4.21 Å². The van der Waals surface area contributed by atoms with E-state index in [9.17, 15) is 13.2 Å². The molecule has 0 saturated carbocycles. The Labute approximate surface area is 79.2 Å². The summed E-state index contributed by atoms with van der Waals surface area (Å²) in [4.78, 5) is 0. The van der Waals surface area contributed by atoms with E-state index in [1.54, 1.807) is 0 Å². The Hall–Kier alpha value is 1.00. The van der Waals surface area contributed by atoms with Crippen LogP contribution < -0.4 is 29.6 Å². The molecule has 0 spiro atoms. The van der Waals surface area contributed by atoms with Gasteiger partial charge in [0.2, 0.25) is 0 Å². The minimum Gasteiger partial charge on any atom is -1.00 e. The quantitative estimate of drug-likeness (QED) is 0.258. The second kappa shape index (κ2) is 9.00. The van der Waals surface area contributed by atoms with Crippen molar-refractivity contribution in [1.82, 2.24) is 0 Å². The molecule has 0 amide bonds. The molecule has 0 aromatic rings. The number of hydrogen-bond acceptors (Lipinski definition) is 3. The maximum absolute atomic E-state index is 11.2. The summed E-state index contributed by atoms with van der Waals surface area (Å²) in [7, 11) is 0. The van der Waals surface area contributed by atoms with E-state index in [1.807, 2.05) is 0 Å². The normalized spacial score (nSPS) is 12.2. The first-order valence-electron chi connectivity index (χ1n) is 2.06. The van der Waals surface area contributed by atoms with Gasteiger partial charge in [-0.15, -0.1) is 0 Å². The number of halogens is 1. The summed E-state index contributed by atoms with van der Waals surface area (Å²) in [6, 6.07) is 0. The Morgan fingerprint density at radius 3 is 2.67 bits per heavy atom. The first kappa shape index (κ1) is 12.7. The van der Waals surface area contributed by atoms with Gasteiger partial charge in [0.1, 0.15) is 0 Å². The minimum absolute atomic E-state index is 0. The first-order chi connectivity index (χ1) is 3.77. The fourth-order valence-corrected chi connectivity index (χ4v) is 0.435. The summed E-state index contributed by atoms with van der Waals surface area (Å²) in [5, 5.41) is 0. The Bertz CT molecular complexity index is 86.1. The van der Waals surface area contributed by atoms with Crippen molar-refractivity contribution < 1.29 is 48.3 Å². The monoisotopic (exact) mass is 165 g/mol. The van der Waals surface area contributed by atoms with E-state index in [4.69, 9.17) is 0 Å². The summed E-state index contributed by atoms with van der Waals surface area (Å²) in [5.74, 6) is 0. The van der Waals surface area contributed by atoms with Gasteiger partial charge in [-0.05, 0) is 0 Å². The van der Waals surface area contributed by atoms with Gasteiger partial charge in [-0.3, -0.25) is 4.39 Å². The third-order valence-corrected chi connectivity index (χ3v) is 0.817. The van der Waals surface area contributed by atoms with E-state index >= 15 is 0 Å². The molecule has 1 unspecified atom stereocenters. The van der Waals surface area contributed by atoms with Gasteiger partial charge in [0.25, 0.3) is 0 Å². The van der Waals surface area contributed by atoms with Gasteiger partial charge < -0.3 is 10.2 Å². The first-order valence-corrected chi connectivity index (χ1v) is 3.06. The summed E-state index contributed by atoms with van der Waals surface area (Å²) in [6.07, 6.45) is 0.133. The fraction of sp³-hybridized carbons (Fsp3) is 1.00. The van der Waals surface area contributed by atoms with Crippen LogP contribution in [-0.4, -0.2) is 22.0 Å². The maximum Gasteiger partial charge on any atom is 1.00 e. The van der Waals surface area contributed by atoms with Crippen molar-refractivity contribution >= 4 is 11.4 Å². The van der Waals surface area contributed by atoms with Crippen LogP contribution in [0.1, 0.15) is 7.85 Å². The van der Waals surface area contributed by atoms with Gasteiger partial charge in [0, 0.05) is 6.42 Å². The van der Waals surface area contributed by atoms with Crippen LogP contribution in [0.15, 0.2) is 0 Å². The molecular formula is C3H7FNaO3S-. The predicted molar refractivity (Wildman–Crippen MR) is 26.6 cm³/mol. The van der Waals surface area contributed by atoms with Crippen molar-refractivity contribution in [3.05, 3.63) is 0 Å². The Morgan fingerprint density at radius 1 is 1.78 bits per heavy atom. The van der Waals surface area contributed by atoms with E-state index in [-0.39, 0.29) is 44.0 Å². The second-order valence-electron chi connectivity index (χ2n) is 1.07. The van der Waals surface area contributed by atoms with Crippen LogP contribution in [-0.2, 0) is 15.5 Å². The molecule has 0 fully saturated rings. The Balaban J connectivity index is -0.000000245. The number of rotatable bonds is 4. The van der Waals surface area contributed by atoms with Gasteiger partial charge in [-0.2, -0.15) is 0 Å². The summed E-state index contributed by atoms with van der Waals surface area (Å²) in [6.45, 7) is -0.607. The number of alkyl halides is 1. The van der Waals surface area contributed by atoms with Crippen LogP contribution in [0, 0.1) is 0 Å². The zero-order chi connectivity index (χ0) is 6.41. The van der Waals surface area contributed by atoms with E-state index in [0.717, 1.165) is 0 Å². The molecule has 1 atom stereocenters. The predicted octanol–water partition coefficient (Wildman–Crippen LogP) is -2.73. The molecule has 52 valence electrons. The third kappa shape index (κ3) is 12.2. The van der Waals surface area contributed by atoms with Crippen LogP contribution in [0.2, 0.25) is 0 Å². The van der Waals surface area contributed by atoms with Gasteiger partial charge in [0.15, 0.2) is 0 Å². The zero-order valence-electron chi connectivity index (χ0n) is 6.13. The molecule has 0 aromatic carbocycles. The third-order valence-electron chi connectivity index (χ3n) is 0.458. The van der Waals surface area contributed by atoms with Crippen molar-refractivity contribution in [3.63, 3.8) is 0 Å². The van der Waals surface area contributed by atoms with Crippen molar-refractivity contribution in [2.75, 3.05) is 13.3 Å². The fourth-order valence-electron chi connectivity index (χ4n) is 0.182. The minimum atomic E-state index is -2.48. The molecule has 3 nitrogen and oxygen atoms in total. The van der Waals surface area contributed by atoms with Crippen molar-refractivity contribution in [1.29, 1.82) is 0 Å². The molecule has 9 heavy (non-hydrogen) atoms. The molecule has 0 bridgehead atoms. The summed E-state index contributed by atoms with van der Waals surface area (Å²) in [5.41, 5.74) is 0. The Morgan fingerprint density at radius 2 is 2.33 bits per heavy atom.